The monoisotopic (exact) mass is 413 g/mol. The predicted molar refractivity (Wildman–Crippen MR) is 115 cm³/mol. The van der Waals surface area contributed by atoms with E-state index >= 15 is 0 Å². The highest BCUT2D eigenvalue weighted by atomic mass is 16.6. The molecule has 0 saturated carbocycles. The number of carbonyl (C=O) groups excluding carboxylic acids is 1. The first-order chi connectivity index (χ1) is 13.8. The first-order valence-electron chi connectivity index (χ1n) is 10.2. The third-order valence-corrected chi connectivity index (χ3v) is 4.19. The minimum absolute atomic E-state index is 0.181. The van der Waals surface area contributed by atoms with Gasteiger partial charge in [-0.25, -0.2) is 4.79 Å². The zero-order valence-electron chi connectivity index (χ0n) is 19.0. The first kappa shape index (κ1) is 27.4. The minimum atomic E-state index is -0.181. The highest BCUT2D eigenvalue weighted by molar-refractivity contribution is 5.89. The van der Waals surface area contributed by atoms with Crippen LogP contribution >= 0.6 is 0 Å². The van der Waals surface area contributed by atoms with Crippen LogP contribution in [0.5, 0.6) is 0 Å². The normalized spacial score (nSPS) is 25.0. The summed E-state index contributed by atoms with van der Waals surface area (Å²) in [5.41, 5.74) is 8.06. The molecule has 5 aliphatic heterocycles. The Balaban J connectivity index is 0.000000329. The average molecular weight is 414 g/mol. The van der Waals surface area contributed by atoms with Gasteiger partial charge in [0.1, 0.15) is 6.61 Å². The number of likely N-dealkylation sites (N-methyl/N-ethyl adjacent to an activating group) is 1. The van der Waals surface area contributed by atoms with Crippen molar-refractivity contribution in [2.45, 2.75) is 45.8 Å². The van der Waals surface area contributed by atoms with Crippen LogP contribution in [0.1, 0.15) is 33.6 Å². The maximum atomic E-state index is 10.3. The van der Waals surface area contributed by atoms with E-state index in [9.17, 15) is 4.79 Å². The molecule has 2 atom stereocenters. The largest absolute Gasteiger partial charge is 0.458 e. The van der Waals surface area contributed by atoms with Crippen molar-refractivity contribution in [1.29, 1.82) is 0 Å². The molecule has 9 nitrogen and oxygen atoms in total. The molecule has 0 aromatic rings. The number of cyclic esters (lactones) is 1. The molecular weight excluding hydrogens is 374 g/mol. The number of likely N-dealkylation sites (tertiary alicyclic amines) is 1. The summed E-state index contributed by atoms with van der Waals surface area (Å²) in [6.07, 6.45) is 5.59. The van der Waals surface area contributed by atoms with Crippen molar-refractivity contribution in [1.82, 2.24) is 9.80 Å². The summed E-state index contributed by atoms with van der Waals surface area (Å²) < 4.78 is 14.2. The SMILES string of the molecule is CC1=CCOC1=O.CC1CCO1.CC1CO1.CN1CC1.CN1CCC1.CN=[N+]=[N-]. The van der Waals surface area contributed by atoms with E-state index in [1.807, 2.05) is 0 Å². The standard InChI is InChI=1S/C5H6O2.C4H9N.C4H8O.C3H7N.C3H6O.CH3N3/c1-4-2-3-7-5(4)6;1-5-3-2-4-5;1-4-2-3-5-4;1-4-2-3-4;1-3-2-4-3;1-3-4-2/h2H,3H2,1H3;2-4H2,1H3;4H,2-3H2,1H3;2-3H2,1H3;3H,2H2,1H3;1H3. The van der Waals surface area contributed by atoms with Crippen LogP contribution in [0.15, 0.2) is 16.8 Å². The molecule has 2 unspecified atom stereocenters. The minimum Gasteiger partial charge on any atom is -0.458 e. The molecule has 9 heteroatoms. The van der Waals surface area contributed by atoms with Gasteiger partial charge in [-0.1, -0.05) is 5.11 Å². The Morgan fingerprint density at radius 2 is 1.48 bits per heavy atom. The molecule has 0 N–H and O–H groups in total. The van der Waals surface area contributed by atoms with Gasteiger partial charge in [-0.3, -0.25) is 0 Å². The molecule has 4 fully saturated rings. The molecule has 0 aromatic heterocycles. The number of nitrogens with zero attached hydrogens (tertiary/aromatic N) is 5. The predicted octanol–water partition coefficient (Wildman–Crippen LogP) is 2.87. The lowest BCUT2D eigenvalue weighted by Gasteiger charge is -2.24. The number of hydrogen-bond acceptors (Lipinski definition) is 7. The molecular formula is C20H39N5O4. The van der Waals surface area contributed by atoms with Gasteiger partial charge in [0.25, 0.3) is 0 Å². The zero-order valence-corrected chi connectivity index (χ0v) is 19.0. The average Bonchev–Trinajstić information content (AvgIpc) is 3.59. The van der Waals surface area contributed by atoms with Crippen molar-refractivity contribution in [2.75, 3.05) is 67.1 Å². The number of ether oxygens (including phenoxy) is 3. The van der Waals surface area contributed by atoms with Crippen LogP contribution in [0.25, 0.3) is 10.4 Å². The van der Waals surface area contributed by atoms with E-state index in [1.165, 1.54) is 46.1 Å². The van der Waals surface area contributed by atoms with Gasteiger partial charge in [-0.2, -0.15) is 0 Å². The summed E-state index contributed by atoms with van der Waals surface area (Å²) in [5.74, 6) is -0.181. The number of hydrogen-bond donors (Lipinski definition) is 0. The number of esters is 1. The number of carbonyl (C=O) groups is 1. The third kappa shape index (κ3) is 20.9. The van der Waals surface area contributed by atoms with E-state index in [0.29, 0.717) is 18.8 Å². The van der Waals surface area contributed by atoms with Gasteiger partial charge in [0.05, 0.1) is 18.8 Å². The van der Waals surface area contributed by atoms with E-state index < -0.39 is 0 Å². The van der Waals surface area contributed by atoms with E-state index in [2.05, 4.69) is 52.5 Å². The van der Waals surface area contributed by atoms with Gasteiger partial charge in [-0.05, 0) is 72.4 Å². The molecule has 5 aliphatic rings. The van der Waals surface area contributed by atoms with Crippen LogP contribution in [0.3, 0.4) is 0 Å². The lowest BCUT2D eigenvalue weighted by atomic mass is 10.2. The molecule has 29 heavy (non-hydrogen) atoms. The summed E-state index contributed by atoms with van der Waals surface area (Å²) in [6.45, 7) is 13.6. The Hall–Kier alpha value is -1.64. The van der Waals surface area contributed by atoms with Crippen LogP contribution in [0, 0.1) is 0 Å². The van der Waals surface area contributed by atoms with Crippen molar-refractivity contribution in [3.05, 3.63) is 22.1 Å². The van der Waals surface area contributed by atoms with Crippen molar-refractivity contribution in [2.24, 2.45) is 5.11 Å². The van der Waals surface area contributed by atoms with E-state index in [1.54, 1.807) is 13.0 Å². The Bertz CT molecular complexity index is 485. The molecule has 0 spiro atoms. The Morgan fingerprint density at radius 1 is 1.10 bits per heavy atom. The van der Waals surface area contributed by atoms with Crippen LogP contribution < -0.4 is 0 Å². The van der Waals surface area contributed by atoms with Crippen molar-refractivity contribution in [3.8, 4) is 0 Å². The Kier molecular flexibility index (Phi) is 16.3. The van der Waals surface area contributed by atoms with Gasteiger partial charge >= 0.3 is 5.97 Å². The van der Waals surface area contributed by atoms with Crippen molar-refractivity contribution in [3.63, 3.8) is 0 Å². The fourth-order valence-electron chi connectivity index (χ4n) is 1.46. The van der Waals surface area contributed by atoms with Crippen LogP contribution in [-0.4, -0.2) is 95.1 Å². The molecule has 5 rings (SSSR count). The third-order valence-electron chi connectivity index (χ3n) is 4.19. The smallest absolute Gasteiger partial charge is 0.333 e. The van der Waals surface area contributed by atoms with Crippen molar-refractivity contribution < 1.29 is 19.0 Å². The second kappa shape index (κ2) is 17.2. The lowest BCUT2D eigenvalue weighted by Crippen LogP contribution is -2.32. The fraction of sp³-hybridized carbons (Fsp3) is 0.850. The van der Waals surface area contributed by atoms with E-state index in [4.69, 9.17) is 15.0 Å². The molecule has 5 heterocycles. The van der Waals surface area contributed by atoms with Gasteiger partial charge in [-0.15, -0.1) is 0 Å². The molecule has 0 radical (unpaired) electrons. The summed E-state index contributed by atoms with van der Waals surface area (Å²) in [4.78, 5) is 17.2. The van der Waals surface area contributed by atoms with Crippen LogP contribution in [0.2, 0.25) is 0 Å². The fourth-order valence-corrected chi connectivity index (χ4v) is 1.46. The molecule has 168 valence electrons. The molecule has 0 amide bonds. The summed E-state index contributed by atoms with van der Waals surface area (Å²) in [6, 6.07) is 0. The second-order valence-electron chi connectivity index (χ2n) is 7.35. The second-order valence-corrected chi connectivity index (χ2v) is 7.35. The number of epoxide rings is 1. The van der Waals surface area contributed by atoms with Crippen molar-refractivity contribution >= 4 is 5.97 Å². The Labute approximate surface area is 175 Å². The number of rotatable bonds is 0. The summed E-state index contributed by atoms with van der Waals surface area (Å²) in [5, 5.41) is 2.92. The zero-order chi connectivity index (χ0) is 22.1. The summed E-state index contributed by atoms with van der Waals surface area (Å²) in [7, 11) is 5.64. The van der Waals surface area contributed by atoms with Gasteiger partial charge in [0.2, 0.25) is 0 Å². The maximum Gasteiger partial charge on any atom is 0.333 e. The van der Waals surface area contributed by atoms with E-state index in [0.717, 1.165) is 18.8 Å². The molecule has 0 aromatic carbocycles. The highest BCUT2D eigenvalue weighted by Gasteiger charge is 2.13. The van der Waals surface area contributed by atoms with Crippen LogP contribution in [0.4, 0.5) is 0 Å². The van der Waals surface area contributed by atoms with E-state index in [-0.39, 0.29) is 5.97 Å². The molecule has 0 aliphatic carbocycles. The molecule has 4 saturated heterocycles. The Morgan fingerprint density at radius 3 is 1.52 bits per heavy atom. The van der Waals surface area contributed by atoms with Gasteiger partial charge < -0.3 is 24.0 Å². The molecule has 0 bridgehead atoms. The first-order valence-corrected chi connectivity index (χ1v) is 10.2. The summed E-state index contributed by atoms with van der Waals surface area (Å²) >= 11 is 0. The lowest BCUT2D eigenvalue weighted by molar-refractivity contribution is -0.135. The number of azide groups is 1. The van der Waals surface area contributed by atoms with Gasteiger partial charge in [0, 0.05) is 37.2 Å². The van der Waals surface area contributed by atoms with Gasteiger partial charge in [0.15, 0.2) is 0 Å². The highest BCUT2D eigenvalue weighted by Crippen LogP contribution is 2.07. The topological polar surface area (TPSA) is 103 Å². The van der Waals surface area contributed by atoms with Crippen LogP contribution in [-0.2, 0) is 19.0 Å². The quantitative estimate of drug-likeness (QED) is 0.199. The maximum absolute atomic E-state index is 10.3.